The Morgan fingerprint density at radius 3 is 0.877 bits per heavy atom. The number of quaternary nitrogens is 3. The number of rotatable bonds is 17. The first kappa shape index (κ1) is 77.9. The van der Waals surface area contributed by atoms with E-state index in [-0.39, 0.29) is 30.9 Å². The van der Waals surface area contributed by atoms with Crippen LogP contribution in [0.5, 0.6) is 0 Å². The first-order valence-electron chi connectivity index (χ1n) is 17.5. The van der Waals surface area contributed by atoms with Crippen LogP contribution < -0.4 is 18.9 Å². The predicted octanol–water partition coefficient (Wildman–Crippen LogP) is 0.268. The number of halogens is 7. The maximum Gasteiger partial charge on any atom is 1.00 e. The molecule has 0 saturated carbocycles. The van der Waals surface area contributed by atoms with E-state index in [9.17, 15) is 43.2 Å². The normalized spacial score (nSPS) is 11.6. The van der Waals surface area contributed by atoms with E-state index in [0.717, 1.165) is 63.4 Å². The van der Waals surface area contributed by atoms with Gasteiger partial charge in [-0.2, -0.15) is 26.3 Å². The molecule has 0 bridgehead atoms. The van der Waals surface area contributed by atoms with E-state index in [0.29, 0.717) is 19.8 Å². The molecule has 15 nitrogen and oxygen atoms in total. The monoisotopic (exact) mass is 1010 g/mol. The number of hydrogen-bond acceptors (Lipinski definition) is 10. The summed E-state index contributed by atoms with van der Waals surface area (Å²) in [6, 6.07) is 0. The van der Waals surface area contributed by atoms with Gasteiger partial charge >= 0.3 is 29.9 Å². The van der Waals surface area contributed by atoms with Gasteiger partial charge in [-0.1, -0.05) is 50.3 Å². The number of alkyl halides is 7. The Kier molecular flexibility index (Phi) is 58.8. The van der Waals surface area contributed by atoms with Gasteiger partial charge in [0.1, 0.15) is 19.6 Å². The number of aliphatic hydroxyl groups excluding tert-OH is 4. The Morgan fingerprint density at radius 1 is 0.579 bits per heavy atom. The van der Waals surface area contributed by atoms with Crippen LogP contribution in [0.3, 0.4) is 0 Å². The van der Waals surface area contributed by atoms with Crippen molar-refractivity contribution in [1.82, 2.24) is 4.90 Å². The summed E-state index contributed by atoms with van der Waals surface area (Å²) < 4.78 is 118. The van der Waals surface area contributed by atoms with Crippen LogP contribution in [0.15, 0.2) is 0 Å². The van der Waals surface area contributed by atoms with E-state index in [2.05, 4.69) is 97.3 Å². The second kappa shape index (κ2) is 43.0. The maximum absolute atomic E-state index is 11.4. The zero-order valence-electron chi connectivity index (χ0n) is 37.3. The summed E-state index contributed by atoms with van der Waals surface area (Å²) in [6.45, 7) is 16.6. The molecule has 0 rings (SSSR count). The number of nitrogens with zero attached hydrogens (tertiary/aromatic N) is 5. The average Bonchev–Trinajstić information content (AvgIpc) is 2.97. The molecule has 0 unspecified atom stereocenters. The van der Waals surface area contributed by atoms with Gasteiger partial charge in [-0.25, -0.2) is 16.8 Å². The van der Waals surface area contributed by atoms with Crippen LogP contribution in [0.2, 0.25) is 0 Å². The number of likely N-dealkylation sites (N-methyl/N-ethyl adjacent to an activating group) is 4. The molecule has 352 valence electrons. The molecule has 0 aliphatic carbocycles. The zero-order chi connectivity index (χ0) is 45.8. The van der Waals surface area contributed by atoms with Crippen LogP contribution in [0.4, 0.5) is 26.3 Å². The zero-order valence-corrected chi connectivity index (χ0v) is 41.1. The van der Waals surface area contributed by atoms with Gasteiger partial charge in [-0.3, -0.25) is 0 Å². The summed E-state index contributed by atoms with van der Waals surface area (Å²) in [5.41, 5.74) is -12.4. The van der Waals surface area contributed by atoms with Crippen LogP contribution in [0.25, 0.3) is 4.13 Å². The van der Waals surface area contributed by atoms with Gasteiger partial charge in [0.2, 0.25) is 0 Å². The fraction of sp³-hybridized carbons (Fsp3) is 1.00. The first-order chi connectivity index (χ1) is 24.7. The van der Waals surface area contributed by atoms with Gasteiger partial charge < -0.3 is 53.1 Å². The van der Waals surface area contributed by atoms with Gasteiger partial charge in [0.05, 0.1) is 88.3 Å². The minimum atomic E-state index is -6.72. The van der Waals surface area contributed by atoms with Gasteiger partial charge in [-0.15, -0.1) is 0 Å². The second-order valence-corrected chi connectivity index (χ2v) is 18.4. The number of ether oxygens (including phenoxy) is 1. The van der Waals surface area contributed by atoms with Crippen LogP contribution in [0.1, 0.15) is 53.4 Å². The Bertz CT molecular complexity index is 937. The van der Waals surface area contributed by atoms with Crippen molar-refractivity contribution in [3.8, 4) is 0 Å². The molecule has 0 aromatic heterocycles. The van der Waals surface area contributed by atoms with E-state index in [1.807, 2.05) is 19.0 Å². The van der Waals surface area contributed by atoms with Crippen LogP contribution >= 0.6 is 22.6 Å². The number of methoxy groups -OCH3 is 1. The van der Waals surface area contributed by atoms with E-state index < -0.39 is 31.1 Å². The molecule has 0 heterocycles. The average molecular weight is 1010 g/mol. The van der Waals surface area contributed by atoms with Crippen molar-refractivity contribution in [2.75, 3.05) is 147 Å². The van der Waals surface area contributed by atoms with Crippen LogP contribution in [-0.2, 0) is 24.8 Å². The van der Waals surface area contributed by atoms with Crippen molar-refractivity contribution in [3.05, 3.63) is 4.13 Å². The molecule has 0 aliphatic rings. The number of hydrogen-bond donors (Lipinski definition) is 4. The topological polar surface area (TPSA) is 207 Å². The molecule has 0 amide bonds. The Balaban J connectivity index is -0.0000000703. The van der Waals surface area contributed by atoms with Crippen molar-refractivity contribution in [1.29, 1.82) is 0 Å². The van der Waals surface area contributed by atoms with Gasteiger partial charge in [0.25, 0.3) is 0 Å². The summed E-state index contributed by atoms with van der Waals surface area (Å²) in [7, 11) is 6.49. The molecular formula is C32H80F6ILiN5O10S2+3. The Morgan fingerprint density at radius 2 is 0.789 bits per heavy atom. The molecule has 25 heteroatoms. The molecule has 0 aromatic rings. The van der Waals surface area contributed by atoms with Crippen molar-refractivity contribution in [2.45, 2.75) is 64.4 Å². The summed E-state index contributed by atoms with van der Waals surface area (Å²) in [5, 5.41) is 34.0. The molecule has 0 atom stereocenters. The van der Waals surface area contributed by atoms with Crippen molar-refractivity contribution in [2.24, 2.45) is 0 Å². The van der Waals surface area contributed by atoms with E-state index >= 15 is 0 Å². The predicted molar refractivity (Wildman–Crippen MR) is 222 cm³/mol. The molecule has 0 fully saturated rings. The minimum Gasteiger partial charge on any atom is -0.421 e. The molecule has 0 radical (unpaired) electrons. The Labute approximate surface area is 367 Å². The third kappa shape index (κ3) is 60.8. The molecule has 57 heavy (non-hydrogen) atoms. The SMILES string of the molecule is CCCI.CCC[N+](C)(C)CCO.CCC[N+](C)(C)CCO.CCC[N+](C)(C)CCO.CN(C)CCO.COC.O.O=S(=O)([N-]S(=O)(=O)C(F)(F)F)C(F)(F)F.[Li+]. The molecule has 6 N–H and O–H groups in total. The molecule has 0 aliphatic heterocycles. The van der Waals surface area contributed by atoms with Crippen molar-refractivity contribution < 1.29 is 106 Å². The third-order valence-electron chi connectivity index (χ3n) is 6.12. The van der Waals surface area contributed by atoms with E-state index in [1.165, 1.54) is 30.1 Å². The van der Waals surface area contributed by atoms with Crippen LogP contribution in [-0.4, -0.2) is 219 Å². The van der Waals surface area contributed by atoms with Gasteiger partial charge in [-0.05, 0) is 44.2 Å². The van der Waals surface area contributed by atoms with Gasteiger partial charge in [0, 0.05) is 20.8 Å². The standard InChI is InChI=1S/3C7H18NO.C4H11NO.C3H7I.C2F6NO4S2.C2H6O.Li.H2O/c3*1-4-5-8(2,3)6-7-9;1-5(2)3-4-6;1-2-3-4;3-1(4,5)14(10,11)9-15(12,13)2(6,7)8;1-3-2;;/h3*9H,4-7H2,1-3H3;6H,3-4H2,1-2H3;2-3H2,1H3;;1-2H3;;1H2/q3*+1;;;-1;;+1;. The van der Waals surface area contributed by atoms with Crippen LogP contribution in [0, 0.1) is 0 Å². The third-order valence-corrected chi connectivity index (χ3v) is 9.94. The van der Waals surface area contributed by atoms with Gasteiger partial charge in [0.15, 0.2) is 20.0 Å². The molecule has 0 spiro atoms. The maximum atomic E-state index is 11.4. The largest absolute Gasteiger partial charge is 1.00 e. The first-order valence-corrected chi connectivity index (χ1v) is 21.9. The molecular weight excluding hydrogens is 926 g/mol. The second-order valence-electron chi connectivity index (χ2n) is 13.9. The fourth-order valence-electron chi connectivity index (χ4n) is 3.38. The van der Waals surface area contributed by atoms with E-state index in [1.54, 1.807) is 14.2 Å². The molecule has 0 saturated heterocycles. The summed E-state index contributed by atoms with van der Waals surface area (Å²) in [5.74, 6) is 0. The number of aliphatic hydroxyl groups is 4. The smallest absolute Gasteiger partial charge is 0.421 e. The molecule has 0 aromatic carbocycles. The Hall–Kier alpha value is 0.367. The fourth-order valence-corrected chi connectivity index (χ4v) is 5.09. The minimum absolute atomic E-state index is 0. The van der Waals surface area contributed by atoms with Crippen molar-refractivity contribution >= 4 is 42.6 Å². The summed E-state index contributed by atoms with van der Waals surface area (Å²) >= 11 is 2.35. The summed E-state index contributed by atoms with van der Waals surface area (Å²) in [4.78, 5) is 1.93. The quantitative estimate of drug-likeness (QED) is 0.0515. The van der Waals surface area contributed by atoms with E-state index in [4.69, 9.17) is 20.4 Å². The van der Waals surface area contributed by atoms with Crippen molar-refractivity contribution in [3.63, 3.8) is 0 Å². The number of sulfonamides is 2. The summed E-state index contributed by atoms with van der Waals surface area (Å²) in [6.07, 6.45) is 4.87.